The normalized spacial score (nSPS) is 14.0. The molecule has 0 fully saturated rings. The van der Waals surface area contributed by atoms with Crippen molar-refractivity contribution in [3.63, 3.8) is 0 Å². The van der Waals surface area contributed by atoms with E-state index in [1.54, 1.807) is 37.3 Å². The van der Waals surface area contributed by atoms with Crippen LogP contribution in [0.25, 0.3) is 17.0 Å². The predicted molar refractivity (Wildman–Crippen MR) is 127 cm³/mol. The Labute approximate surface area is 199 Å². The first-order chi connectivity index (χ1) is 15.4. The second kappa shape index (κ2) is 8.07. The molecular formula is C25H14Br2O5. The van der Waals surface area contributed by atoms with Gasteiger partial charge < -0.3 is 13.9 Å². The number of Topliss-reactive ketones (excluding diaryl/α,β-unsaturated/α-hetero) is 1. The number of furan rings is 1. The van der Waals surface area contributed by atoms with Crippen LogP contribution in [0.15, 0.2) is 79.8 Å². The molecule has 0 radical (unpaired) electrons. The van der Waals surface area contributed by atoms with Crippen molar-refractivity contribution in [2.45, 2.75) is 6.92 Å². The Morgan fingerprint density at radius 1 is 1.00 bits per heavy atom. The van der Waals surface area contributed by atoms with Gasteiger partial charge in [0, 0.05) is 19.9 Å². The maximum Gasteiger partial charge on any atom is 0.379 e. The fourth-order valence-corrected chi connectivity index (χ4v) is 4.29. The molecule has 2 heterocycles. The second-order valence-corrected chi connectivity index (χ2v) is 9.07. The van der Waals surface area contributed by atoms with E-state index in [9.17, 15) is 9.59 Å². The molecule has 0 atom stereocenters. The van der Waals surface area contributed by atoms with E-state index < -0.39 is 5.97 Å². The average molecular weight is 554 g/mol. The van der Waals surface area contributed by atoms with Gasteiger partial charge in [0.05, 0.1) is 5.56 Å². The van der Waals surface area contributed by atoms with Gasteiger partial charge in [-0.1, -0.05) is 44.0 Å². The van der Waals surface area contributed by atoms with Crippen LogP contribution in [0.3, 0.4) is 0 Å². The summed E-state index contributed by atoms with van der Waals surface area (Å²) in [6, 6.07) is 17.8. The van der Waals surface area contributed by atoms with Crippen LogP contribution in [-0.2, 0) is 0 Å². The molecule has 7 heteroatoms. The molecule has 4 aromatic rings. The minimum atomic E-state index is -0.630. The molecule has 3 aromatic carbocycles. The number of carbonyl (C=O) groups excluding carboxylic acids is 2. The van der Waals surface area contributed by atoms with Crippen LogP contribution in [-0.4, -0.2) is 11.8 Å². The van der Waals surface area contributed by atoms with Crippen LogP contribution in [0.2, 0.25) is 0 Å². The third-order valence-corrected chi connectivity index (χ3v) is 6.05. The van der Waals surface area contributed by atoms with Gasteiger partial charge in [-0.05, 0) is 67.1 Å². The Morgan fingerprint density at radius 3 is 2.62 bits per heavy atom. The second-order valence-electron chi connectivity index (χ2n) is 7.24. The third kappa shape index (κ3) is 3.78. The molecule has 158 valence electrons. The van der Waals surface area contributed by atoms with Crippen LogP contribution in [0.1, 0.15) is 32.0 Å². The van der Waals surface area contributed by atoms with E-state index >= 15 is 0 Å². The van der Waals surface area contributed by atoms with Crippen LogP contribution < -0.4 is 9.47 Å². The molecule has 0 saturated carbocycles. The number of ether oxygens (including phenoxy) is 2. The molecule has 1 aliphatic rings. The molecular weight excluding hydrogens is 540 g/mol. The summed E-state index contributed by atoms with van der Waals surface area (Å²) >= 11 is 6.82. The van der Waals surface area contributed by atoms with Crippen molar-refractivity contribution in [2.24, 2.45) is 0 Å². The van der Waals surface area contributed by atoms with E-state index in [0.29, 0.717) is 28.2 Å². The fourth-order valence-electron chi connectivity index (χ4n) is 3.49. The van der Waals surface area contributed by atoms with Gasteiger partial charge in [0.15, 0.2) is 5.76 Å². The van der Waals surface area contributed by atoms with Gasteiger partial charge in [-0.15, -0.1) is 0 Å². The molecule has 0 N–H and O–H groups in total. The van der Waals surface area contributed by atoms with Crippen molar-refractivity contribution in [3.05, 3.63) is 97.8 Å². The van der Waals surface area contributed by atoms with Crippen molar-refractivity contribution < 1.29 is 23.5 Å². The Morgan fingerprint density at radius 2 is 1.81 bits per heavy atom. The number of allylic oxidation sites excluding steroid dienone is 1. The Balaban J connectivity index is 1.42. The van der Waals surface area contributed by atoms with Gasteiger partial charge in [0.2, 0.25) is 11.5 Å². The molecule has 0 aliphatic carbocycles. The minimum absolute atomic E-state index is 0.0882. The topological polar surface area (TPSA) is 65.7 Å². The van der Waals surface area contributed by atoms with Gasteiger partial charge in [-0.25, -0.2) is 4.79 Å². The van der Waals surface area contributed by atoms with Gasteiger partial charge in [0.25, 0.3) is 0 Å². The van der Waals surface area contributed by atoms with Gasteiger partial charge >= 0.3 is 5.97 Å². The standard InChI is InChI=1S/C25H14Br2O5/c1-13-19(32-25(29)22-12-15-11-17(27)5-7-20(15)30-22)8-6-18-23(28)21(31-24(13)18)10-14-3-2-4-16(26)9-14/h2-12H,1H3/b21-10-. The van der Waals surface area contributed by atoms with E-state index in [0.717, 1.165) is 19.9 Å². The van der Waals surface area contributed by atoms with E-state index in [1.807, 2.05) is 36.4 Å². The summed E-state index contributed by atoms with van der Waals surface area (Å²) in [5.74, 6) is 0.137. The molecule has 0 bridgehead atoms. The fraction of sp³-hybridized carbons (Fsp3) is 0.0400. The van der Waals surface area contributed by atoms with E-state index in [1.165, 1.54) is 0 Å². The summed E-state index contributed by atoms with van der Waals surface area (Å²) in [5.41, 5.74) is 2.40. The van der Waals surface area contributed by atoms with E-state index in [4.69, 9.17) is 13.9 Å². The summed E-state index contributed by atoms with van der Waals surface area (Å²) in [7, 11) is 0. The molecule has 1 aliphatic heterocycles. The Hall–Kier alpha value is -3.16. The summed E-state index contributed by atoms with van der Waals surface area (Å²) in [6.07, 6.45) is 1.69. The maximum absolute atomic E-state index is 12.8. The molecule has 5 nitrogen and oxygen atoms in total. The third-order valence-electron chi connectivity index (χ3n) is 5.07. The van der Waals surface area contributed by atoms with Crippen LogP contribution >= 0.6 is 31.9 Å². The predicted octanol–water partition coefficient (Wildman–Crippen LogP) is 7.10. The monoisotopic (exact) mass is 552 g/mol. The van der Waals surface area contributed by atoms with Crippen LogP contribution in [0, 0.1) is 6.92 Å². The average Bonchev–Trinajstić information content (AvgIpc) is 3.32. The number of hydrogen-bond donors (Lipinski definition) is 0. The van der Waals surface area contributed by atoms with Gasteiger partial charge in [-0.2, -0.15) is 0 Å². The zero-order chi connectivity index (χ0) is 22.4. The van der Waals surface area contributed by atoms with Crippen molar-refractivity contribution in [1.82, 2.24) is 0 Å². The number of fused-ring (bicyclic) bond motifs is 2. The highest BCUT2D eigenvalue weighted by atomic mass is 79.9. The summed E-state index contributed by atoms with van der Waals surface area (Å²) in [5, 5.41) is 0.785. The SMILES string of the molecule is Cc1c(OC(=O)c2cc3cc(Br)ccc3o2)ccc2c1O/C(=C\c1cccc(Br)c1)C2=O. The number of halogens is 2. The van der Waals surface area contributed by atoms with Gasteiger partial charge in [-0.3, -0.25) is 4.79 Å². The summed E-state index contributed by atoms with van der Waals surface area (Å²) in [6.45, 7) is 1.74. The molecule has 0 saturated heterocycles. The maximum atomic E-state index is 12.8. The molecule has 5 rings (SSSR count). The molecule has 0 unspecified atom stereocenters. The smallest absolute Gasteiger partial charge is 0.379 e. The lowest BCUT2D eigenvalue weighted by molar-refractivity contribution is 0.0702. The lowest BCUT2D eigenvalue weighted by Crippen LogP contribution is -2.08. The van der Waals surface area contributed by atoms with Gasteiger partial charge in [0.1, 0.15) is 17.1 Å². The lowest BCUT2D eigenvalue weighted by Gasteiger charge is -2.09. The molecule has 0 amide bonds. The summed E-state index contributed by atoms with van der Waals surface area (Å²) < 4.78 is 18.8. The molecule has 32 heavy (non-hydrogen) atoms. The molecule has 0 spiro atoms. The zero-order valence-electron chi connectivity index (χ0n) is 16.6. The highest BCUT2D eigenvalue weighted by Gasteiger charge is 2.31. The Bertz CT molecular complexity index is 1450. The van der Waals surface area contributed by atoms with Crippen molar-refractivity contribution in [2.75, 3.05) is 0 Å². The van der Waals surface area contributed by atoms with E-state index in [2.05, 4.69) is 31.9 Å². The largest absolute Gasteiger partial charge is 0.452 e. The highest BCUT2D eigenvalue weighted by Crippen LogP contribution is 2.39. The van der Waals surface area contributed by atoms with Crippen molar-refractivity contribution in [3.8, 4) is 11.5 Å². The number of rotatable bonds is 3. The Kier molecular flexibility index (Phi) is 5.23. The first-order valence-electron chi connectivity index (χ1n) is 9.64. The lowest BCUT2D eigenvalue weighted by atomic mass is 10.1. The number of esters is 1. The number of carbonyl (C=O) groups is 2. The highest BCUT2D eigenvalue weighted by molar-refractivity contribution is 9.10. The number of ketones is 1. The first kappa shape index (κ1) is 20.7. The molecule has 1 aromatic heterocycles. The quantitative estimate of drug-likeness (QED) is 0.154. The van der Waals surface area contributed by atoms with Crippen molar-refractivity contribution >= 4 is 60.7 Å². The summed E-state index contributed by atoms with van der Waals surface area (Å²) in [4.78, 5) is 25.5. The number of hydrogen-bond acceptors (Lipinski definition) is 5. The van der Waals surface area contributed by atoms with Crippen LogP contribution in [0.5, 0.6) is 11.5 Å². The zero-order valence-corrected chi connectivity index (χ0v) is 19.8. The van der Waals surface area contributed by atoms with Crippen LogP contribution in [0.4, 0.5) is 0 Å². The first-order valence-corrected chi connectivity index (χ1v) is 11.2. The number of benzene rings is 3. The van der Waals surface area contributed by atoms with Crippen molar-refractivity contribution in [1.29, 1.82) is 0 Å². The van der Waals surface area contributed by atoms with E-state index in [-0.39, 0.29) is 17.3 Å². The minimum Gasteiger partial charge on any atom is -0.452 e.